The fourth-order valence-electron chi connectivity index (χ4n) is 1.30. The van der Waals surface area contributed by atoms with Gasteiger partial charge in [0.2, 0.25) is 10.0 Å². The average Bonchev–Trinajstić information content (AvgIpc) is 2.25. The molecule has 106 valence electrons. The number of aliphatic carboxylic acids is 1. The average molecular weight is 287 g/mol. The van der Waals surface area contributed by atoms with E-state index in [4.69, 9.17) is 9.84 Å². The highest BCUT2D eigenvalue weighted by atomic mass is 32.2. The first-order valence-electron chi connectivity index (χ1n) is 5.74. The summed E-state index contributed by atoms with van der Waals surface area (Å²) in [5.74, 6) is -1.71. The summed E-state index contributed by atoms with van der Waals surface area (Å²) in [6.07, 6.45) is 0. The van der Waals surface area contributed by atoms with Gasteiger partial charge in [-0.05, 0) is 18.1 Å². The Morgan fingerprint density at radius 1 is 1.37 bits per heavy atom. The number of hydrogen-bond acceptors (Lipinski definition) is 4. The van der Waals surface area contributed by atoms with Crippen molar-refractivity contribution >= 4 is 21.7 Å². The lowest BCUT2D eigenvalue weighted by atomic mass is 10.2. The van der Waals surface area contributed by atoms with Gasteiger partial charge in [-0.25, -0.2) is 8.42 Å². The number of carboxylic acids is 1. The van der Waals surface area contributed by atoms with Crippen molar-refractivity contribution in [3.63, 3.8) is 0 Å². The Labute approximate surface area is 112 Å². The zero-order chi connectivity index (χ0) is 14.5. The SMILES string of the molecule is CC(C)COc1ccccc1NS(=O)(=O)CC(=O)O. The van der Waals surface area contributed by atoms with Crippen LogP contribution < -0.4 is 9.46 Å². The van der Waals surface area contributed by atoms with Gasteiger partial charge < -0.3 is 9.84 Å². The van der Waals surface area contributed by atoms with Crippen LogP contribution in [0.4, 0.5) is 5.69 Å². The molecule has 0 heterocycles. The molecule has 7 heteroatoms. The Morgan fingerprint density at radius 2 is 2.00 bits per heavy atom. The topological polar surface area (TPSA) is 92.7 Å². The van der Waals surface area contributed by atoms with E-state index in [0.717, 1.165) is 0 Å². The third-order valence-electron chi connectivity index (χ3n) is 2.04. The van der Waals surface area contributed by atoms with Gasteiger partial charge in [-0.3, -0.25) is 9.52 Å². The van der Waals surface area contributed by atoms with E-state index in [-0.39, 0.29) is 5.69 Å². The number of carboxylic acid groups (broad SMARTS) is 1. The third kappa shape index (κ3) is 5.60. The lowest BCUT2D eigenvalue weighted by Gasteiger charge is -2.14. The molecule has 0 unspecified atom stereocenters. The van der Waals surface area contributed by atoms with Crippen LogP contribution in [0.3, 0.4) is 0 Å². The van der Waals surface area contributed by atoms with Crippen molar-refractivity contribution in [1.29, 1.82) is 0 Å². The van der Waals surface area contributed by atoms with Gasteiger partial charge >= 0.3 is 5.97 Å². The van der Waals surface area contributed by atoms with Gasteiger partial charge in [0.05, 0.1) is 12.3 Å². The zero-order valence-corrected chi connectivity index (χ0v) is 11.6. The Kier molecular flexibility index (Phi) is 5.17. The van der Waals surface area contributed by atoms with E-state index in [9.17, 15) is 13.2 Å². The molecule has 0 saturated carbocycles. The number of nitrogens with one attached hydrogen (secondary N) is 1. The minimum Gasteiger partial charge on any atom is -0.491 e. The van der Waals surface area contributed by atoms with Gasteiger partial charge in [0, 0.05) is 0 Å². The smallest absolute Gasteiger partial charge is 0.320 e. The maximum atomic E-state index is 11.6. The molecule has 0 aliphatic carbocycles. The van der Waals surface area contributed by atoms with E-state index < -0.39 is 21.7 Å². The van der Waals surface area contributed by atoms with Gasteiger partial charge in [-0.1, -0.05) is 26.0 Å². The van der Waals surface area contributed by atoms with E-state index in [1.54, 1.807) is 18.2 Å². The van der Waals surface area contributed by atoms with Crippen molar-refractivity contribution in [1.82, 2.24) is 0 Å². The number of carbonyl (C=O) groups is 1. The van der Waals surface area contributed by atoms with Crippen molar-refractivity contribution in [3.05, 3.63) is 24.3 Å². The predicted octanol–water partition coefficient (Wildman–Crippen LogP) is 1.55. The highest BCUT2D eigenvalue weighted by Crippen LogP contribution is 2.25. The summed E-state index contributed by atoms with van der Waals surface area (Å²) in [4.78, 5) is 10.5. The summed E-state index contributed by atoms with van der Waals surface area (Å²) in [6, 6.07) is 6.50. The van der Waals surface area contributed by atoms with E-state index >= 15 is 0 Å². The van der Waals surface area contributed by atoms with E-state index in [1.807, 2.05) is 13.8 Å². The summed E-state index contributed by atoms with van der Waals surface area (Å²) < 4.78 is 30.8. The largest absolute Gasteiger partial charge is 0.491 e. The molecule has 6 nitrogen and oxygen atoms in total. The normalized spacial score (nSPS) is 11.3. The van der Waals surface area contributed by atoms with Gasteiger partial charge in [0.1, 0.15) is 5.75 Å². The first-order chi connectivity index (χ1) is 8.80. The lowest BCUT2D eigenvalue weighted by Crippen LogP contribution is -2.22. The highest BCUT2D eigenvalue weighted by molar-refractivity contribution is 7.93. The van der Waals surface area contributed by atoms with E-state index in [0.29, 0.717) is 18.3 Å². The maximum Gasteiger partial charge on any atom is 0.320 e. The molecule has 0 fully saturated rings. The molecule has 0 saturated heterocycles. The van der Waals surface area contributed by atoms with Gasteiger partial charge in [0.25, 0.3) is 0 Å². The van der Waals surface area contributed by atoms with Crippen molar-refractivity contribution in [2.24, 2.45) is 5.92 Å². The molecule has 2 N–H and O–H groups in total. The second kappa shape index (κ2) is 6.42. The van der Waals surface area contributed by atoms with E-state index in [1.165, 1.54) is 6.07 Å². The zero-order valence-electron chi connectivity index (χ0n) is 10.8. The van der Waals surface area contributed by atoms with Gasteiger partial charge in [-0.15, -0.1) is 0 Å². The second-order valence-corrected chi connectivity index (χ2v) is 6.18. The Morgan fingerprint density at radius 3 is 2.58 bits per heavy atom. The molecular formula is C12H17NO5S. The number of hydrogen-bond donors (Lipinski definition) is 2. The summed E-state index contributed by atoms with van der Waals surface area (Å²) in [6.45, 7) is 4.38. The Bertz CT molecular complexity index is 539. The van der Waals surface area contributed by atoms with Crippen molar-refractivity contribution < 1.29 is 23.1 Å². The molecule has 0 amide bonds. The van der Waals surface area contributed by atoms with Crippen LogP contribution in [0, 0.1) is 5.92 Å². The number of anilines is 1. The van der Waals surface area contributed by atoms with Crippen molar-refractivity contribution in [3.8, 4) is 5.75 Å². The monoisotopic (exact) mass is 287 g/mol. The molecule has 0 aliphatic heterocycles. The number of ether oxygens (including phenoxy) is 1. The van der Waals surface area contributed by atoms with Crippen LogP contribution in [0.25, 0.3) is 0 Å². The van der Waals surface area contributed by atoms with Crippen molar-refractivity contribution in [2.45, 2.75) is 13.8 Å². The molecule has 0 aliphatic rings. The minimum atomic E-state index is -3.92. The number of benzene rings is 1. The molecule has 19 heavy (non-hydrogen) atoms. The summed E-state index contributed by atoms with van der Waals surface area (Å²) in [7, 11) is -3.92. The summed E-state index contributed by atoms with van der Waals surface area (Å²) in [5, 5.41) is 8.52. The van der Waals surface area contributed by atoms with Crippen molar-refractivity contribution in [2.75, 3.05) is 17.1 Å². The summed E-state index contributed by atoms with van der Waals surface area (Å²) in [5.41, 5.74) is 0.240. The predicted molar refractivity (Wildman–Crippen MR) is 71.8 cm³/mol. The van der Waals surface area contributed by atoms with Crippen LogP contribution in [-0.4, -0.2) is 31.9 Å². The minimum absolute atomic E-state index is 0.240. The molecule has 1 aromatic carbocycles. The Hall–Kier alpha value is -1.76. The molecule has 0 spiro atoms. The van der Waals surface area contributed by atoms with Crippen LogP contribution in [0.5, 0.6) is 5.75 Å². The van der Waals surface area contributed by atoms with Crippen LogP contribution in [0.15, 0.2) is 24.3 Å². The maximum absolute atomic E-state index is 11.6. The van der Waals surface area contributed by atoms with Crippen LogP contribution >= 0.6 is 0 Å². The number of para-hydroxylation sites is 2. The fourth-order valence-corrected chi connectivity index (χ4v) is 2.20. The standard InChI is InChI=1S/C12H17NO5S/c1-9(2)7-18-11-6-4-3-5-10(11)13-19(16,17)8-12(14)15/h3-6,9,13H,7-8H2,1-2H3,(H,14,15). The lowest BCUT2D eigenvalue weighted by molar-refractivity contribution is -0.134. The fraction of sp³-hybridized carbons (Fsp3) is 0.417. The molecule has 1 rings (SSSR count). The summed E-state index contributed by atoms with van der Waals surface area (Å²) >= 11 is 0. The van der Waals surface area contributed by atoms with Crippen LogP contribution in [0.2, 0.25) is 0 Å². The molecule has 0 aromatic heterocycles. The quantitative estimate of drug-likeness (QED) is 0.793. The van der Waals surface area contributed by atoms with Gasteiger partial charge in [0.15, 0.2) is 5.75 Å². The van der Waals surface area contributed by atoms with E-state index in [2.05, 4.69) is 4.72 Å². The third-order valence-corrected chi connectivity index (χ3v) is 3.20. The highest BCUT2D eigenvalue weighted by Gasteiger charge is 2.17. The Balaban J connectivity index is 2.86. The number of sulfonamides is 1. The molecule has 0 bridgehead atoms. The molecule has 0 radical (unpaired) electrons. The second-order valence-electron chi connectivity index (χ2n) is 4.46. The first kappa shape index (κ1) is 15.3. The molecule has 1 aromatic rings. The molecular weight excluding hydrogens is 270 g/mol. The number of rotatable bonds is 7. The van der Waals surface area contributed by atoms with Crippen LogP contribution in [0.1, 0.15) is 13.8 Å². The first-order valence-corrected chi connectivity index (χ1v) is 7.39. The van der Waals surface area contributed by atoms with Gasteiger partial charge in [-0.2, -0.15) is 0 Å². The van der Waals surface area contributed by atoms with Crippen LogP contribution in [-0.2, 0) is 14.8 Å². The molecule has 0 atom stereocenters.